The molecule has 0 aliphatic carbocycles. The zero-order chi connectivity index (χ0) is 10.1. The minimum Gasteiger partial charge on any atom is -0.397 e. The molecule has 0 saturated heterocycles. The van der Waals surface area contributed by atoms with Gasteiger partial charge in [-0.3, -0.25) is 4.98 Å². The maximum Gasteiger partial charge on any atom is 0.0575 e. The van der Waals surface area contributed by atoms with Crippen molar-refractivity contribution in [3.63, 3.8) is 0 Å². The molecule has 0 bridgehead atoms. The molecule has 0 fully saturated rings. The van der Waals surface area contributed by atoms with Gasteiger partial charge in [-0.05, 0) is 26.8 Å². The zero-order valence-corrected chi connectivity index (χ0v) is 8.70. The van der Waals surface area contributed by atoms with E-state index in [4.69, 9.17) is 5.73 Å². The molecule has 0 unspecified atom stereocenters. The molecule has 3 nitrogen and oxygen atoms in total. The third-order valence-electron chi connectivity index (χ3n) is 2.14. The van der Waals surface area contributed by atoms with Crippen molar-refractivity contribution in [1.82, 2.24) is 4.98 Å². The van der Waals surface area contributed by atoms with Gasteiger partial charge in [0, 0.05) is 18.8 Å². The van der Waals surface area contributed by atoms with E-state index in [0.29, 0.717) is 5.69 Å². The van der Waals surface area contributed by atoms with Gasteiger partial charge in [-0.1, -0.05) is 0 Å². The first-order valence-corrected chi connectivity index (χ1v) is 4.35. The summed E-state index contributed by atoms with van der Waals surface area (Å²) in [6, 6.07) is 1.93. The van der Waals surface area contributed by atoms with Gasteiger partial charge >= 0.3 is 0 Å². The highest BCUT2D eigenvalue weighted by molar-refractivity contribution is 5.54. The Morgan fingerprint density at radius 1 is 1.31 bits per heavy atom. The molecule has 0 radical (unpaired) electrons. The lowest BCUT2D eigenvalue weighted by Crippen LogP contribution is -2.38. The van der Waals surface area contributed by atoms with Crippen LogP contribution in [0.5, 0.6) is 0 Å². The van der Waals surface area contributed by atoms with Gasteiger partial charge in [0.25, 0.3) is 0 Å². The van der Waals surface area contributed by atoms with E-state index < -0.39 is 0 Å². The number of nitrogens with two attached hydrogens (primary N) is 1. The Labute approximate surface area is 79.6 Å². The van der Waals surface area contributed by atoms with Crippen molar-refractivity contribution in [1.29, 1.82) is 0 Å². The lowest BCUT2D eigenvalue weighted by Gasteiger charge is -2.33. The molecular formula is C10H17N3. The van der Waals surface area contributed by atoms with E-state index in [0.717, 1.165) is 5.69 Å². The van der Waals surface area contributed by atoms with Crippen molar-refractivity contribution in [2.24, 2.45) is 0 Å². The van der Waals surface area contributed by atoms with E-state index in [1.807, 2.05) is 19.3 Å². The van der Waals surface area contributed by atoms with Gasteiger partial charge in [-0.15, -0.1) is 0 Å². The summed E-state index contributed by atoms with van der Waals surface area (Å²) in [5.41, 5.74) is 7.49. The lowest BCUT2D eigenvalue weighted by molar-refractivity contribution is 0.538. The quantitative estimate of drug-likeness (QED) is 0.716. The number of anilines is 2. The third kappa shape index (κ3) is 2.34. The molecule has 13 heavy (non-hydrogen) atoms. The fraction of sp³-hybridized carbons (Fsp3) is 0.500. The molecule has 3 heteroatoms. The number of hydrogen-bond acceptors (Lipinski definition) is 3. The topological polar surface area (TPSA) is 42.2 Å². The van der Waals surface area contributed by atoms with Crippen molar-refractivity contribution in [3.05, 3.63) is 18.5 Å². The van der Waals surface area contributed by atoms with Crippen LogP contribution >= 0.6 is 0 Å². The molecule has 0 aliphatic rings. The van der Waals surface area contributed by atoms with Gasteiger partial charge in [0.05, 0.1) is 17.6 Å². The molecule has 72 valence electrons. The Morgan fingerprint density at radius 3 is 2.38 bits per heavy atom. The molecule has 0 aromatic carbocycles. The van der Waals surface area contributed by atoms with E-state index in [2.05, 4.69) is 30.7 Å². The SMILES string of the molecule is CN(c1cncc(N)c1)C(C)(C)C. The Morgan fingerprint density at radius 2 is 1.92 bits per heavy atom. The van der Waals surface area contributed by atoms with E-state index in [1.54, 1.807) is 6.20 Å². The predicted molar refractivity (Wildman–Crippen MR) is 56.8 cm³/mol. The molecule has 0 aliphatic heterocycles. The van der Waals surface area contributed by atoms with Crippen LogP contribution in [0.4, 0.5) is 11.4 Å². The van der Waals surface area contributed by atoms with E-state index in [1.165, 1.54) is 0 Å². The van der Waals surface area contributed by atoms with Gasteiger partial charge in [0.2, 0.25) is 0 Å². The molecule has 1 aromatic rings. The monoisotopic (exact) mass is 179 g/mol. The average Bonchev–Trinajstić information content (AvgIpc) is 2.01. The van der Waals surface area contributed by atoms with Crippen molar-refractivity contribution in [2.75, 3.05) is 17.7 Å². The van der Waals surface area contributed by atoms with E-state index in [-0.39, 0.29) is 5.54 Å². The van der Waals surface area contributed by atoms with Crippen LogP contribution in [-0.2, 0) is 0 Å². The molecule has 0 saturated carbocycles. The van der Waals surface area contributed by atoms with Crippen LogP contribution in [0.2, 0.25) is 0 Å². The number of aromatic nitrogens is 1. The first kappa shape index (κ1) is 9.84. The van der Waals surface area contributed by atoms with Gasteiger partial charge in [-0.2, -0.15) is 0 Å². The Bertz CT molecular complexity index is 288. The average molecular weight is 179 g/mol. The summed E-state index contributed by atoms with van der Waals surface area (Å²) in [6.07, 6.45) is 3.47. The summed E-state index contributed by atoms with van der Waals surface area (Å²) in [6.45, 7) is 6.45. The maximum atomic E-state index is 5.65. The number of nitrogens with zero attached hydrogens (tertiary/aromatic N) is 2. The Kier molecular flexibility index (Phi) is 2.45. The summed E-state index contributed by atoms with van der Waals surface area (Å²) in [5.74, 6) is 0. The highest BCUT2D eigenvalue weighted by Crippen LogP contribution is 2.21. The highest BCUT2D eigenvalue weighted by atomic mass is 15.2. The normalized spacial score (nSPS) is 11.4. The zero-order valence-electron chi connectivity index (χ0n) is 8.70. The second-order valence-corrected chi connectivity index (χ2v) is 4.21. The van der Waals surface area contributed by atoms with Gasteiger partial charge in [0.1, 0.15) is 0 Å². The standard InChI is InChI=1S/C10H17N3/c1-10(2,3)13(4)9-5-8(11)6-12-7-9/h5-7H,11H2,1-4H3. The minimum absolute atomic E-state index is 0.0927. The molecule has 1 aromatic heterocycles. The van der Waals surface area contributed by atoms with Crippen LogP contribution in [0.1, 0.15) is 20.8 Å². The van der Waals surface area contributed by atoms with Crippen LogP contribution in [0, 0.1) is 0 Å². The number of nitrogen functional groups attached to an aromatic ring is 1. The van der Waals surface area contributed by atoms with Crippen LogP contribution < -0.4 is 10.6 Å². The van der Waals surface area contributed by atoms with Crippen molar-refractivity contribution < 1.29 is 0 Å². The number of pyridine rings is 1. The number of rotatable bonds is 1. The lowest BCUT2D eigenvalue weighted by atomic mass is 10.1. The second-order valence-electron chi connectivity index (χ2n) is 4.21. The van der Waals surface area contributed by atoms with Crippen molar-refractivity contribution >= 4 is 11.4 Å². The van der Waals surface area contributed by atoms with Crippen LogP contribution in [0.3, 0.4) is 0 Å². The number of hydrogen-bond donors (Lipinski definition) is 1. The molecule has 0 spiro atoms. The fourth-order valence-corrected chi connectivity index (χ4v) is 1.02. The smallest absolute Gasteiger partial charge is 0.0575 e. The molecule has 0 amide bonds. The predicted octanol–water partition coefficient (Wildman–Crippen LogP) is 1.90. The highest BCUT2D eigenvalue weighted by Gasteiger charge is 2.17. The Balaban J connectivity index is 2.96. The molecule has 0 atom stereocenters. The second kappa shape index (κ2) is 3.24. The summed E-state index contributed by atoms with van der Waals surface area (Å²) in [4.78, 5) is 6.20. The van der Waals surface area contributed by atoms with Crippen LogP contribution in [0.15, 0.2) is 18.5 Å². The van der Waals surface area contributed by atoms with Crippen LogP contribution in [0.25, 0.3) is 0 Å². The largest absolute Gasteiger partial charge is 0.397 e. The van der Waals surface area contributed by atoms with Gasteiger partial charge in [0.15, 0.2) is 0 Å². The summed E-state index contributed by atoms with van der Waals surface area (Å²) in [7, 11) is 2.04. The van der Waals surface area contributed by atoms with E-state index in [9.17, 15) is 0 Å². The molecule has 2 N–H and O–H groups in total. The summed E-state index contributed by atoms with van der Waals surface area (Å²) >= 11 is 0. The fourth-order valence-electron chi connectivity index (χ4n) is 1.02. The van der Waals surface area contributed by atoms with Gasteiger partial charge in [-0.25, -0.2) is 0 Å². The third-order valence-corrected chi connectivity index (χ3v) is 2.14. The summed E-state index contributed by atoms with van der Waals surface area (Å²) < 4.78 is 0. The van der Waals surface area contributed by atoms with Crippen molar-refractivity contribution in [2.45, 2.75) is 26.3 Å². The van der Waals surface area contributed by atoms with Gasteiger partial charge < -0.3 is 10.6 Å². The first-order valence-electron chi connectivity index (χ1n) is 4.35. The van der Waals surface area contributed by atoms with E-state index >= 15 is 0 Å². The molecular weight excluding hydrogens is 162 g/mol. The van der Waals surface area contributed by atoms with Crippen molar-refractivity contribution in [3.8, 4) is 0 Å². The Hall–Kier alpha value is -1.25. The minimum atomic E-state index is 0.0927. The first-order chi connectivity index (χ1) is 5.91. The maximum absolute atomic E-state index is 5.65. The summed E-state index contributed by atoms with van der Waals surface area (Å²) in [5, 5.41) is 0. The van der Waals surface area contributed by atoms with Crippen LogP contribution in [-0.4, -0.2) is 17.6 Å². The molecule has 1 heterocycles. The molecule has 1 rings (SSSR count).